The molecule has 1 N–H and O–H groups in total. The van der Waals surface area contributed by atoms with Gasteiger partial charge in [0.1, 0.15) is 0 Å². The van der Waals surface area contributed by atoms with Gasteiger partial charge in [0.15, 0.2) is 5.16 Å². The molecule has 4 aromatic rings. The summed E-state index contributed by atoms with van der Waals surface area (Å²) in [6, 6.07) is 22.6. The van der Waals surface area contributed by atoms with Crippen LogP contribution in [0.1, 0.15) is 18.1 Å². The molecule has 1 heterocycles. The van der Waals surface area contributed by atoms with Gasteiger partial charge in [0, 0.05) is 5.69 Å². The molecule has 0 spiro atoms. The molecule has 6 heteroatoms. The van der Waals surface area contributed by atoms with Crippen LogP contribution in [0.4, 0.5) is 5.69 Å². The minimum Gasteiger partial charge on any atom is -0.325 e. The van der Waals surface area contributed by atoms with E-state index in [-0.39, 0.29) is 11.5 Å². The van der Waals surface area contributed by atoms with Crippen molar-refractivity contribution in [2.75, 3.05) is 5.32 Å². The van der Waals surface area contributed by atoms with Crippen LogP contribution >= 0.6 is 11.8 Å². The van der Waals surface area contributed by atoms with Gasteiger partial charge in [0.25, 0.3) is 5.56 Å². The maximum Gasteiger partial charge on any atom is 0.266 e. The largest absolute Gasteiger partial charge is 0.325 e. The summed E-state index contributed by atoms with van der Waals surface area (Å²) in [7, 11) is 0. The number of carbonyl (C=O) groups is 1. The van der Waals surface area contributed by atoms with E-state index in [0.717, 1.165) is 22.5 Å². The van der Waals surface area contributed by atoms with Gasteiger partial charge in [0.2, 0.25) is 5.91 Å². The number of anilines is 1. The highest BCUT2D eigenvalue weighted by Gasteiger charge is 2.20. The van der Waals surface area contributed by atoms with Gasteiger partial charge >= 0.3 is 0 Å². The zero-order valence-electron chi connectivity index (χ0n) is 17.6. The van der Waals surface area contributed by atoms with Crippen LogP contribution in [-0.4, -0.2) is 20.7 Å². The number of aromatic nitrogens is 2. The molecule has 0 aliphatic heterocycles. The van der Waals surface area contributed by atoms with E-state index in [1.54, 1.807) is 10.6 Å². The number of hydrogen-bond acceptors (Lipinski definition) is 4. The molecule has 0 saturated carbocycles. The van der Waals surface area contributed by atoms with Crippen molar-refractivity contribution in [3.8, 4) is 5.69 Å². The number of fused-ring (bicyclic) bond motifs is 1. The Kier molecular flexibility index (Phi) is 5.91. The fraction of sp³-hybridized carbons (Fsp3) is 0.160. The van der Waals surface area contributed by atoms with Gasteiger partial charge in [-0.1, -0.05) is 48.2 Å². The molecule has 0 radical (unpaired) electrons. The predicted octanol–water partition coefficient (Wildman–Crippen LogP) is 5.12. The number of aryl methyl sites for hydroxylation is 2. The van der Waals surface area contributed by atoms with Crippen molar-refractivity contribution in [2.24, 2.45) is 0 Å². The van der Waals surface area contributed by atoms with Crippen LogP contribution < -0.4 is 10.9 Å². The summed E-state index contributed by atoms with van der Waals surface area (Å²) in [5.74, 6) is -0.148. The maximum atomic E-state index is 13.4. The molecule has 156 valence electrons. The van der Waals surface area contributed by atoms with Crippen molar-refractivity contribution in [3.05, 3.63) is 94.3 Å². The van der Waals surface area contributed by atoms with Gasteiger partial charge in [-0.25, -0.2) is 4.98 Å². The minimum absolute atomic E-state index is 0.145. The molecule has 0 bridgehead atoms. The molecule has 1 aromatic heterocycles. The third kappa shape index (κ3) is 4.54. The Balaban J connectivity index is 1.77. The highest BCUT2D eigenvalue weighted by atomic mass is 32.2. The van der Waals surface area contributed by atoms with E-state index >= 15 is 0 Å². The molecular formula is C25H23N3O2S. The lowest BCUT2D eigenvalue weighted by Gasteiger charge is -2.17. The quantitative estimate of drug-likeness (QED) is 0.353. The van der Waals surface area contributed by atoms with Crippen molar-refractivity contribution in [1.29, 1.82) is 0 Å². The molecular weight excluding hydrogens is 406 g/mol. The lowest BCUT2D eigenvalue weighted by atomic mass is 10.1. The van der Waals surface area contributed by atoms with Crippen LogP contribution in [0.25, 0.3) is 16.6 Å². The second kappa shape index (κ2) is 8.78. The van der Waals surface area contributed by atoms with Crippen LogP contribution in [0.3, 0.4) is 0 Å². The van der Waals surface area contributed by atoms with Crippen molar-refractivity contribution < 1.29 is 4.79 Å². The molecule has 0 fully saturated rings. The van der Waals surface area contributed by atoms with Crippen LogP contribution in [0.2, 0.25) is 0 Å². The van der Waals surface area contributed by atoms with E-state index in [1.165, 1.54) is 11.8 Å². The summed E-state index contributed by atoms with van der Waals surface area (Å²) < 4.78 is 1.61. The second-order valence-electron chi connectivity index (χ2n) is 7.51. The summed E-state index contributed by atoms with van der Waals surface area (Å²) in [4.78, 5) is 30.9. The summed E-state index contributed by atoms with van der Waals surface area (Å²) in [5, 5.41) is 3.50. The molecule has 1 unspecified atom stereocenters. The summed E-state index contributed by atoms with van der Waals surface area (Å²) >= 11 is 1.27. The number of hydrogen-bond donors (Lipinski definition) is 1. The number of nitrogens with zero attached hydrogens (tertiary/aromatic N) is 2. The average molecular weight is 430 g/mol. The third-order valence-electron chi connectivity index (χ3n) is 4.90. The molecule has 0 aliphatic rings. The molecule has 0 saturated heterocycles. The first-order valence-corrected chi connectivity index (χ1v) is 10.9. The Morgan fingerprint density at radius 1 is 0.968 bits per heavy atom. The van der Waals surface area contributed by atoms with Crippen molar-refractivity contribution in [1.82, 2.24) is 9.55 Å². The van der Waals surface area contributed by atoms with Gasteiger partial charge in [-0.05, 0) is 68.3 Å². The van der Waals surface area contributed by atoms with Crippen LogP contribution in [0, 0.1) is 13.8 Å². The number of amides is 1. The van der Waals surface area contributed by atoms with Gasteiger partial charge in [-0.3, -0.25) is 14.2 Å². The first kappa shape index (κ1) is 20.9. The Morgan fingerprint density at radius 2 is 1.61 bits per heavy atom. The summed E-state index contributed by atoms with van der Waals surface area (Å²) in [5.41, 5.74) is 4.07. The Morgan fingerprint density at radius 3 is 2.32 bits per heavy atom. The number of para-hydroxylation sites is 2. The van der Waals surface area contributed by atoms with Crippen molar-refractivity contribution in [2.45, 2.75) is 31.2 Å². The van der Waals surface area contributed by atoms with Gasteiger partial charge in [-0.2, -0.15) is 0 Å². The van der Waals surface area contributed by atoms with E-state index in [2.05, 4.69) is 11.4 Å². The van der Waals surface area contributed by atoms with E-state index in [1.807, 2.05) is 81.4 Å². The SMILES string of the molecule is Cc1cc(C)cc(-n2c(SC(C)C(=O)Nc3ccccc3)nc3ccccc3c2=O)c1. The van der Waals surface area contributed by atoms with E-state index in [9.17, 15) is 9.59 Å². The molecule has 1 atom stereocenters. The summed E-state index contributed by atoms with van der Waals surface area (Å²) in [6.45, 7) is 5.81. The lowest BCUT2D eigenvalue weighted by molar-refractivity contribution is -0.115. The molecule has 0 aliphatic carbocycles. The first-order valence-electron chi connectivity index (χ1n) is 10.1. The average Bonchev–Trinajstić information content (AvgIpc) is 2.74. The number of benzene rings is 3. The highest BCUT2D eigenvalue weighted by Crippen LogP contribution is 2.26. The molecule has 31 heavy (non-hydrogen) atoms. The van der Waals surface area contributed by atoms with Crippen LogP contribution in [0.5, 0.6) is 0 Å². The number of carbonyl (C=O) groups excluding carboxylic acids is 1. The Labute approximate surface area is 185 Å². The third-order valence-corrected chi connectivity index (χ3v) is 5.95. The first-order chi connectivity index (χ1) is 14.9. The van der Waals surface area contributed by atoms with E-state index in [0.29, 0.717) is 16.1 Å². The monoisotopic (exact) mass is 429 g/mol. The fourth-order valence-electron chi connectivity index (χ4n) is 3.48. The van der Waals surface area contributed by atoms with Crippen LogP contribution in [0.15, 0.2) is 82.7 Å². The number of rotatable bonds is 5. The van der Waals surface area contributed by atoms with E-state index < -0.39 is 5.25 Å². The smallest absolute Gasteiger partial charge is 0.266 e. The molecule has 3 aromatic carbocycles. The second-order valence-corrected chi connectivity index (χ2v) is 8.82. The lowest BCUT2D eigenvalue weighted by Crippen LogP contribution is -2.26. The zero-order chi connectivity index (χ0) is 22.0. The van der Waals surface area contributed by atoms with Crippen molar-refractivity contribution in [3.63, 3.8) is 0 Å². The normalized spacial score (nSPS) is 12.0. The van der Waals surface area contributed by atoms with Crippen molar-refractivity contribution >= 4 is 34.3 Å². The fourth-order valence-corrected chi connectivity index (χ4v) is 4.40. The Hall–Kier alpha value is -3.38. The Bertz CT molecular complexity index is 1300. The molecule has 1 amide bonds. The molecule has 5 nitrogen and oxygen atoms in total. The van der Waals surface area contributed by atoms with Gasteiger partial charge < -0.3 is 5.32 Å². The van der Waals surface area contributed by atoms with E-state index in [4.69, 9.17) is 4.98 Å². The predicted molar refractivity (Wildman–Crippen MR) is 127 cm³/mol. The number of nitrogens with one attached hydrogen (secondary N) is 1. The summed E-state index contributed by atoms with van der Waals surface area (Å²) in [6.07, 6.45) is 0. The number of thioether (sulfide) groups is 1. The zero-order valence-corrected chi connectivity index (χ0v) is 18.4. The minimum atomic E-state index is -0.453. The molecule has 4 rings (SSSR count). The maximum absolute atomic E-state index is 13.4. The van der Waals surface area contributed by atoms with Crippen LogP contribution in [-0.2, 0) is 4.79 Å². The van der Waals surface area contributed by atoms with Gasteiger partial charge in [0.05, 0.1) is 21.8 Å². The standard InChI is InChI=1S/C25H23N3O2S/c1-16-13-17(2)15-20(14-16)28-24(30)21-11-7-8-12-22(21)27-25(28)31-18(3)23(29)26-19-9-5-4-6-10-19/h4-15,18H,1-3H3,(H,26,29). The highest BCUT2D eigenvalue weighted by molar-refractivity contribution is 8.00. The van der Waals surface area contributed by atoms with Gasteiger partial charge in [-0.15, -0.1) is 0 Å². The topological polar surface area (TPSA) is 64.0 Å².